The van der Waals surface area contributed by atoms with Gasteiger partial charge in [-0.25, -0.2) is 0 Å². The van der Waals surface area contributed by atoms with Gasteiger partial charge < -0.3 is 13.3 Å². The van der Waals surface area contributed by atoms with Crippen LogP contribution in [0.4, 0.5) is 0 Å². The van der Waals surface area contributed by atoms with Crippen molar-refractivity contribution in [3.63, 3.8) is 0 Å². The van der Waals surface area contributed by atoms with Crippen LogP contribution in [0.15, 0.2) is 35.2 Å². The molecule has 18 heavy (non-hydrogen) atoms. The second kappa shape index (κ2) is 8.71. The second-order valence-electron chi connectivity index (χ2n) is 3.91. The topological polar surface area (TPSA) is 27.7 Å². The average Bonchev–Trinajstić information content (AvgIpc) is 2.45. The van der Waals surface area contributed by atoms with Gasteiger partial charge in [-0.2, -0.15) is 0 Å². The summed E-state index contributed by atoms with van der Waals surface area (Å²) in [6, 6.07) is 11.3. The van der Waals surface area contributed by atoms with Crippen LogP contribution in [0.1, 0.15) is 12.8 Å². The molecule has 0 heterocycles. The van der Waals surface area contributed by atoms with Crippen LogP contribution in [0.25, 0.3) is 0 Å². The van der Waals surface area contributed by atoms with Crippen LogP contribution in [-0.4, -0.2) is 35.9 Å². The average molecular weight is 286 g/mol. The van der Waals surface area contributed by atoms with E-state index in [9.17, 15) is 0 Å². The van der Waals surface area contributed by atoms with E-state index in [1.165, 1.54) is 4.90 Å². The van der Waals surface area contributed by atoms with Gasteiger partial charge in [-0.1, -0.05) is 18.2 Å². The number of hydrogen-bond donors (Lipinski definition) is 0. The van der Waals surface area contributed by atoms with Crippen molar-refractivity contribution in [2.24, 2.45) is 0 Å². The molecule has 102 valence electrons. The zero-order valence-electron chi connectivity index (χ0n) is 11.3. The third kappa shape index (κ3) is 5.12. The number of benzene rings is 1. The molecule has 0 atom stereocenters. The Kier molecular flexibility index (Phi) is 7.61. The fourth-order valence-electron chi connectivity index (χ4n) is 1.71. The molecule has 0 bridgehead atoms. The zero-order chi connectivity index (χ0) is 13.3. The van der Waals surface area contributed by atoms with Crippen molar-refractivity contribution in [3.05, 3.63) is 30.3 Å². The molecule has 0 aliphatic carbocycles. The Balaban J connectivity index is 2.18. The van der Waals surface area contributed by atoms with Gasteiger partial charge in [-0.15, -0.1) is 11.8 Å². The molecule has 0 spiro atoms. The fourth-order valence-corrected chi connectivity index (χ4v) is 4.44. The summed E-state index contributed by atoms with van der Waals surface area (Å²) in [6.45, 7) is 0. The summed E-state index contributed by atoms with van der Waals surface area (Å²) in [5, 5.41) is 0. The van der Waals surface area contributed by atoms with Crippen molar-refractivity contribution in [3.8, 4) is 0 Å². The van der Waals surface area contributed by atoms with E-state index in [0.717, 1.165) is 24.6 Å². The number of unbranched alkanes of at least 4 members (excludes halogenated alkanes) is 1. The SMILES string of the molecule is CO[Si](CCCCSc1ccccc1)(OC)OC. The molecule has 0 saturated carbocycles. The first-order valence-electron chi connectivity index (χ1n) is 6.09. The number of hydrogen-bond acceptors (Lipinski definition) is 4. The molecule has 3 nitrogen and oxygen atoms in total. The first-order valence-corrected chi connectivity index (χ1v) is 9.01. The van der Waals surface area contributed by atoms with Gasteiger partial charge in [-0.3, -0.25) is 0 Å². The molecule has 0 fully saturated rings. The quantitative estimate of drug-likeness (QED) is 0.395. The second-order valence-corrected chi connectivity index (χ2v) is 8.17. The summed E-state index contributed by atoms with van der Waals surface area (Å²) in [6.07, 6.45) is 2.21. The van der Waals surface area contributed by atoms with Gasteiger partial charge in [0.15, 0.2) is 0 Å². The van der Waals surface area contributed by atoms with Crippen molar-refractivity contribution < 1.29 is 13.3 Å². The molecule has 0 N–H and O–H groups in total. The molecule has 0 aliphatic heterocycles. The molecule has 1 aromatic carbocycles. The lowest BCUT2D eigenvalue weighted by Gasteiger charge is -2.24. The van der Waals surface area contributed by atoms with E-state index < -0.39 is 8.80 Å². The normalized spacial score (nSPS) is 11.7. The zero-order valence-corrected chi connectivity index (χ0v) is 13.2. The van der Waals surface area contributed by atoms with Crippen LogP contribution in [0, 0.1) is 0 Å². The lowest BCUT2D eigenvalue weighted by molar-refractivity contribution is 0.123. The molecule has 0 aromatic heterocycles. The Morgan fingerprint density at radius 1 is 0.944 bits per heavy atom. The van der Waals surface area contributed by atoms with E-state index in [1.807, 2.05) is 17.8 Å². The van der Waals surface area contributed by atoms with E-state index in [-0.39, 0.29) is 0 Å². The first kappa shape index (κ1) is 15.7. The van der Waals surface area contributed by atoms with Gasteiger partial charge in [0.1, 0.15) is 0 Å². The first-order chi connectivity index (χ1) is 8.76. The van der Waals surface area contributed by atoms with Crippen LogP contribution in [0.3, 0.4) is 0 Å². The highest BCUT2D eigenvalue weighted by atomic mass is 32.2. The Hall–Kier alpha value is -0.333. The highest BCUT2D eigenvalue weighted by Gasteiger charge is 2.36. The predicted molar refractivity (Wildman–Crippen MR) is 78.0 cm³/mol. The van der Waals surface area contributed by atoms with Crippen LogP contribution in [0.5, 0.6) is 0 Å². The monoisotopic (exact) mass is 286 g/mol. The molecule has 0 radical (unpaired) electrons. The van der Waals surface area contributed by atoms with E-state index in [2.05, 4.69) is 24.3 Å². The van der Waals surface area contributed by atoms with E-state index in [1.54, 1.807) is 21.3 Å². The van der Waals surface area contributed by atoms with E-state index in [0.29, 0.717) is 0 Å². The minimum atomic E-state index is -2.36. The molecule has 5 heteroatoms. The molecule has 1 rings (SSSR count). The van der Waals surface area contributed by atoms with E-state index >= 15 is 0 Å². The summed E-state index contributed by atoms with van der Waals surface area (Å²) in [4.78, 5) is 1.33. The standard InChI is InChI=1S/C13H22O3SSi/c1-14-18(15-2,16-3)12-8-7-11-17-13-9-5-4-6-10-13/h4-6,9-10H,7-8,11-12H2,1-3H3. The minimum absolute atomic E-state index is 0.881. The highest BCUT2D eigenvalue weighted by molar-refractivity contribution is 7.99. The van der Waals surface area contributed by atoms with Crippen LogP contribution >= 0.6 is 11.8 Å². The molecule has 0 unspecified atom stereocenters. The summed E-state index contributed by atoms with van der Waals surface area (Å²) >= 11 is 1.89. The Bertz CT molecular complexity index is 309. The van der Waals surface area contributed by atoms with Gasteiger partial charge in [0.2, 0.25) is 0 Å². The third-order valence-corrected chi connectivity index (χ3v) is 6.75. The van der Waals surface area contributed by atoms with Crippen molar-refractivity contribution in [2.75, 3.05) is 27.1 Å². The molecule has 1 aromatic rings. The summed E-state index contributed by atoms with van der Waals surface area (Å²) in [7, 11) is 2.64. The van der Waals surface area contributed by atoms with Gasteiger partial charge in [0.25, 0.3) is 0 Å². The molecule has 0 amide bonds. The van der Waals surface area contributed by atoms with Gasteiger partial charge in [-0.05, 0) is 30.7 Å². The summed E-state index contributed by atoms with van der Waals surface area (Å²) < 4.78 is 16.2. The Morgan fingerprint density at radius 2 is 1.56 bits per heavy atom. The maximum absolute atomic E-state index is 5.39. The maximum atomic E-state index is 5.39. The molecule has 0 aliphatic rings. The lowest BCUT2D eigenvalue weighted by Crippen LogP contribution is -2.42. The fraction of sp³-hybridized carbons (Fsp3) is 0.538. The van der Waals surface area contributed by atoms with Crippen molar-refractivity contribution in [2.45, 2.75) is 23.8 Å². The van der Waals surface area contributed by atoms with Crippen molar-refractivity contribution in [1.82, 2.24) is 0 Å². The third-order valence-electron chi connectivity index (χ3n) is 2.82. The smallest absolute Gasteiger partial charge is 0.377 e. The molecule has 0 saturated heterocycles. The van der Waals surface area contributed by atoms with Gasteiger partial charge in [0.05, 0.1) is 0 Å². The summed E-state index contributed by atoms with van der Waals surface area (Å²) in [5.41, 5.74) is 0. The maximum Gasteiger partial charge on any atom is 0.500 e. The minimum Gasteiger partial charge on any atom is -0.377 e. The van der Waals surface area contributed by atoms with E-state index in [4.69, 9.17) is 13.3 Å². The molecular formula is C13H22O3SSi. The van der Waals surface area contributed by atoms with Crippen molar-refractivity contribution >= 4 is 20.6 Å². The van der Waals surface area contributed by atoms with Crippen LogP contribution in [-0.2, 0) is 13.3 Å². The van der Waals surface area contributed by atoms with Crippen LogP contribution < -0.4 is 0 Å². The summed E-state index contributed by atoms with van der Waals surface area (Å²) in [5.74, 6) is 1.12. The lowest BCUT2D eigenvalue weighted by atomic mass is 10.4. The predicted octanol–water partition coefficient (Wildman–Crippen LogP) is 3.44. The number of thioether (sulfide) groups is 1. The van der Waals surface area contributed by atoms with Gasteiger partial charge in [0, 0.05) is 32.3 Å². The van der Waals surface area contributed by atoms with Crippen LogP contribution in [0.2, 0.25) is 6.04 Å². The highest BCUT2D eigenvalue weighted by Crippen LogP contribution is 2.21. The van der Waals surface area contributed by atoms with Crippen molar-refractivity contribution in [1.29, 1.82) is 0 Å². The Labute approximate surface area is 115 Å². The molecular weight excluding hydrogens is 264 g/mol. The number of rotatable bonds is 9. The Morgan fingerprint density at radius 3 is 2.11 bits per heavy atom. The largest absolute Gasteiger partial charge is 0.500 e. The van der Waals surface area contributed by atoms with Gasteiger partial charge >= 0.3 is 8.80 Å².